The first-order valence-electron chi connectivity index (χ1n) is 5.71. The number of carbonyl (C=O) groups excluding carboxylic acids is 1. The number of aromatic nitrogens is 3. The van der Waals surface area contributed by atoms with E-state index in [1.54, 1.807) is 19.3 Å². The van der Waals surface area contributed by atoms with Crippen LogP contribution in [-0.2, 0) is 11.8 Å². The van der Waals surface area contributed by atoms with Crippen molar-refractivity contribution in [1.82, 2.24) is 14.8 Å². The number of aryl methyl sites for hydroxylation is 1. The Labute approximate surface area is 114 Å². The van der Waals surface area contributed by atoms with Crippen LogP contribution in [-0.4, -0.2) is 31.7 Å². The second-order valence-corrected chi connectivity index (χ2v) is 4.13. The molecule has 0 radical (unpaired) electrons. The van der Waals surface area contributed by atoms with Gasteiger partial charge in [0.1, 0.15) is 5.82 Å². The van der Waals surface area contributed by atoms with Gasteiger partial charge in [0.15, 0.2) is 6.04 Å². The predicted octanol–water partition coefficient (Wildman–Crippen LogP) is 0.152. The van der Waals surface area contributed by atoms with E-state index in [-0.39, 0.29) is 11.4 Å². The van der Waals surface area contributed by atoms with Gasteiger partial charge in [0.25, 0.3) is 5.91 Å². The van der Waals surface area contributed by atoms with E-state index in [0.717, 1.165) is 0 Å². The van der Waals surface area contributed by atoms with Gasteiger partial charge < -0.3 is 16.2 Å². The number of pyridine rings is 1. The average Bonchev–Trinajstić information content (AvgIpc) is 2.82. The summed E-state index contributed by atoms with van der Waals surface area (Å²) in [5, 5.41) is 15.9. The summed E-state index contributed by atoms with van der Waals surface area (Å²) >= 11 is 0. The van der Waals surface area contributed by atoms with Crippen LogP contribution in [0.4, 0.5) is 5.82 Å². The smallest absolute Gasteiger partial charge is 0.330 e. The Balaban J connectivity index is 2.34. The number of carboxylic acid groups (broad SMARTS) is 1. The van der Waals surface area contributed by atoms with Gasteiger partial charge in [-0.15, -0.1) is 0 Å². The fourth-order valence-corrected chi connectivity index (χ4v) is 1.73. The van der Waals surface area contributed by atoms with Gasteiger partial charge >= 0.3 is 5.97 Å². The molecule has 2 aromatic heterocycles. The Morgan fingerprint density at radius 3 is 2.80 bits per heavy atom. The summed E-state index contributed by atoms with van der Waals surface area (Å²) in [6.07, 6.45) is 4.44. The Hall–Kier alpha value is -2.90. The molecule has 0 bridgehead atoms. The normalized spacial score (nSPS) is 11.8. The van der Waals surface area contributed by atoms with Crippen LogP contribution in [0.2, 0.25) is 0 Å². The molecule has 0 aromatic carbocycles. The number of nitrogens with zero attached hydrogens (tertiary/aromatic N) is 3. The van der Waals surface area contributed by atoms with Crippen molar-refractivity contribution in [3.8, 4) is 0 Å². The number of hydrogen-bond donors (Lipinski definition) is 3. The highest BCUT2D eigenvalue weighted by Gasteiger charge is 2.23. The zero-order chi connectivity index (χ0) is 14.7. The second kappa shape index (κ2) is 5.39. The highest BCUT2D eigenvalue weighted by atomic mass is 16.4. The van der Waals surface area contributed by atoms with Crippen LogP contribution in [0, 0.1) is 0 Å². The predicted molar refractivity (Wildman–Crippen MR) is 70.0 cm³/mol. The Morgan fingerprint density at radius 1 is 1.50 bits per heavy atom. The van der Waals surface area contributed by atoms with Gasteiger partial charge in [-0.05, 0) is 12.1 Å². The number of carboxylic acids is 1. The van der Waals surface area contributed by atoms with Gasteiger partial charge in [0, 0.05) is 25.0 Å². The van der Waals surface area contributed by atoms with E-state index in [0.29, 0.717) is 5.56 Å². The number of rotatable bonds is 5. The summed E-state index contributed by atoms with van der Waals surface area (Å²) in [4.78, 5) is 26.6. The van der Waals surface area contributed by atoms with Crippen molar-refractivity contribution in [1.29, 1.82) is 0 Å². The topological polar surface area (TPSA) is 123 Å². The maximum Gasteiger partial charge on any atom is 0.330 e. The van der Waals surface area contributed by atoms with Crippen molar-refractivity contribution in [3.05, 3.63) is 41.9 Å². The van der Waals surface area contributed by atoms with Crippen molar-refractivity contribution in [3.63, 3.8) is 0 Å². The SMILES string of the molecule is Cn1cc(C(Nc2ncccc2C(N)=O)C(=O)O)cn1. The van der Waals surface area contributed by atoms with Crippen LogP contribution >= 0.6 is 0 Å². The van der Waals surface area contributed by atoms with E-state index in [9.17, 15) is 14.7 Å². The van der Waals surface area contributed by atoms with Crippen LogP contribution in [0.1, 0.15) is 22.0 Å². The van der Waals surface area contributed by atoms with E-state index >= 15 is 0 Å². The van der Waals surface area contributed by atoms with E-state index in [1.807, 2.05) is 0 Å². The molecule has 1 atom stereocenters. The van der Waals surface area contributed by atoms with Crippen LogP contribution in [0.3, 0.4) is 0 Å². The van der Waals surface area contributed by atoms with Crippen molar-refractivity contribution < 1.29 is 14.7 Å². The third kappa shape index (κ3) is 2.74. The number of amides is 1. The molecule has 0 aliphatic carbocycles. The number of primary amides is 1. The number of carbonyl (C=O) groups is 2. The molecule has 2 rings (SSSR count). The molecule has 104 valence electrons. The van der Waals surface area contributed by atoms with Gasteiger partial charge in [0.05, 0.1) is 11.8 Å². The van der Waals surface area contributed by atoms with Gasteiger partial charge in [0.2, 0.25) is 0 Å². The standard InChI is InChI=1S/C12H13N5O3/c1-17-6-7(5-15-17)9(12(19)20)16-11-8(10(13)18)3-2-4-14-11/h2-6,9H,1H3,(H2,13,18)(H,14,16)(H,19,20). The molecule has 8 heteroatoms. The number of anilines is 1. The lowest BCUT2D eigenvalue weighted by atomic mass is 10.1. The summed E-state index contributed by atoms with van der Waals surface area (Å²) in [5.41, 5.74) is 5.80. The molecule has 0 saturated heterocycles. The summed E-state index contributed by atoms with van der Waals surface area (Å²) in [7, 11) is 1.68. The summed E-state index contributed by atoms with van der Waals surface area (Å²) in [6.45, 7) is 0. The van der Waals surface area contributed by atoms with Gasteiger partial charge in [-0.1, -0.05) is 0 Å². The maximum atomic E-state index is 11.4. The van der Waals surface area contributed by atoms with Crippen molar-refractivity contribution >= 4 is 17.7 Å². The first kappa shape index (κ1) is 13.5. The molecule has 0 aliphatic heterocycles. The summed E-state index contributed by atoms with van der Waals surface area (Å²) in [6, 6.07) is 1.95. The Kier molecular flexibility index (Phi) is 3.65. The van der Waals surface area contributed by atoms with Crippen molar-refractivity contribution in [2.45, 2.75) is 6.04 Å². The Morgan fingerprint density at radius 2 is 2.25 bits per heavy atom. The Bertz CT molecular complexity index is 652. The summed E-state index contributed by atoms with van der Waals surface area (Å²) in [5.74, 6) is -1.67. The van der Waals surface area contributed by atoms with Crippen LogP contribution in [0.25, 0.3) is 0 Å². The van der Waals surface area contributed by atoms with Crippen LogP contribution in [0.5, 0.6) is 0 Å². The lowest BCUT2D eigenvalue weighted by Crippen LogP contribution is -2.23. The molecule has 4 N–H and O–H groups in total. The molecular formula is C12H13N5O3. The van der Waals surface area contributed by atoms with Gasteiger partial charge in [-0.3, -0.25) is 9.48 Å². The van der Waals surface area contributed by atoms with Gasteiger partial charge in [-0.25, -0.2) is 9.78 Å². The molecule has 1 amide bonds. The second-order valence-electron chi connectivity index (χ2n) is 4.13. The fourth-order valence-electron chi connectivity index (χ4n) is 1.73. The molecular weight excluding hydrogens is 262 g/mol. The number of hydrogen-bond acceptors (Lipinski definition) is 5. The van der Waals surface area contributed by atoms with Gasteiger partial charge in [-0.2, -0.15) is 5.10 Å². The monoisotopic (exact) mass is 275 g/mol. The van der Waals surface area contributed by atoms with Crippen LogP contribution < -0.4 is 11.1 Å². The minimum atomic E-state index is -1.11. The lowest BCUT2D eigenvalue weighted by Gasteiger charge is -2.15. The fraction of sp³-hybridized carbons (Fsp3) is 0.167. The molecule has 2 aromatic rings. The number of nitrogens with one attached hydrogen (secondary N) is 1. The number of aliphatic carboxylic acids is 1. The third-order valence-electron chi connectivity index (χ3n) is 2.66. The minimum Gasteiger partial charge on any atom is -0.479 e. The summed E-state index contributed by atoms with van der Waals surface area (Å²) < 4.78 is 1.49. The zero-order valence-corrected chi connectivity index (χ0v) is 10.6. The average molecular weight is 275 g/mol. The largest absolute Gasteiger partial charge is 0.479 e. The molecule has 0 aliphatic rings. The first-order valence-corrected chi connectivity index (χ1v) is 5.71. The molecule has 20 heavy (non-hydrogen) atoms. The molecule has 8 nitrogen and oxygen atoms in total. The van der Waals surface area contributed by atoms with E-state index in [4.69, 9.17) is 5.73 Å². The highest BCUT2D eigenvalue weighted by molar-refractivity contribution is 5.98. The van der Waals surface area contributed by atoms with Crippen LogP contribution in [0.15, 0.2) is 30.7 Å². The minimum absolute atomic E-state index is 0.122. The molecule has 0 fully saturated rings. The molecule has 2 heterocycles. The lowest BCUT2D eigenvalue weighted by molar-refractivity contribution is -0.138. The molecule has 0 saturated carbocycles. The first-order chi connectivity index (χ1) is 9.49. The van der Waals surface area contributed by atoms with E-state index in [1.165, 1.54) is 23.1 Å². The maximum absolute atomic E-state index is 11.4. The van der Waals surface area contributed by atoms with Crippen molar-refractivity contribution in [2.24, 2.45) is 12.8 Å². The quantitative estimate of drug-likeness (QED) is 0.713. The van der Waals surface area contributed by atoms with E-state index in [2.05, 4.69) is 15.4 Å². The van der Waals surface area contributed by atoms with E-state index < -0.39 is 17.9 Å². The molecule has 1 unspecified atom stereocenters. The highest BCUT2D eigenvalue weighted by Crippen LogP contribution is 2.20. The third-order valence-corrected chi connectivity index (χ3v) is 2.66. The molecule has 0 spiro atoms. The zero-order valence-electron chi connectivity index (χ0n) is 10.6. The number of nitrogens with two attached hydrogens (primary N) is 1. The van der Waals surface area contributed by atoms with Crippen molar-refractivity contribution in [2.75, 3.05) is 5.32 Å².